The summed E-state index contributed by atoms with van der Waals surface area (Å²) >= 11 is 3.17. The van der Waals surface area contributed by atoms with Gasteiger partial charge in [-0.25, -0.2) is 4.98 Å². The van der Waals surface area contributed by atoms with Gasteiger partial charge < -0.3 is 10.2 Å². The molecule has 0 spiro atoms. The minimum Gasteiger partial charge on any atom is -0.355 e. The second-order valence-electron chi connectivity index (χ2n) is 6.92. The first-order chi connectivity index (χ1) is 14.2. The molecule has 1 aliphatic heterocycles. The average molecular weight is 427 g/mol. The van der Waals surface area contributed by atoms with Gasteiger partial charge in [-0.15, -0.1) is 37.5 Å². The fourth-order valence-corrected chi connectivity index (χ4v) is 5.02. The predicted molar refractivity (Wildman–Crippen MR) is 112 cm³/mol. The Morgan fingerprint density at radius 3 is 2.86 bits per heavy atom. The molecule has 4 aromatic heterocycles. The lowest BCUT2D eigenvalue weighted by Crippen LogP contribution is -2.38. The smallest absolute Gasteiger partial charge is 0.229 e. The van der Waals surface area contributed by atoms with E-state index in [9.17, 15) is 4.79 Å². The minimum absolute atomic E-state index is 0.0284. The Hall–Kier alpha value is -2.92. The van der Waals surface area contributed by atoms with Crippen molar-refractivity contribution in [2.45, 2.75) is 19.8 Å². The Morgan fingerprint density at radius 1 is 1.21 bits per heavy atom. The molecule has 0 saturated carbocycles. The highest BCUT2D eigenvalue weighted by molar-refractivity contribution is 7.17. The molecule has 5 heterocycles. The monoisotopic (exact) mass is 426 g/mol. The number of hydrogen-bond donors (Lipinski definition) is 1. The van der Waals surface area contributed by atoms with E-state index in [-0.39, 0.29) is 11.8 Å². The molecular weight excluding hydrogens is 408 g/mol. The van der Waals surface area contributed by atoms with Crippen molar-refractivity contribution in [3.8, 4) is 10.6 Å². The molecular formula is C18H18N8OS2. The first kappa shape index (κ1) is 18.1. The maximum Gasteiger partial charge on any atom is 0.229 e. The van der Waals surface area contributed by atoms with Crippen molar-refractivity contribution in [3.63, 3.8) is 0 Å². The van der Waals surface area contributed by atoms with E-state index in [0.29, 0.717) is 10.8 Å². The zero-order valence-corrected chi connectivity index (χ0v) is 17.3. The molecule has 1 N–H and O–H groups in total. The number of carbonyl (C=O) groups excluding carboxylic acids is 1. The quantitative estimate of drug-likeness (QED) is 0.535. The number of amides is 1. The zero-order valence-electron chi connectivity index (χ0n) is 15.6. The van der Waals surface area contributed by atoms with Crippen LogP contribution in [0.25, 0.3) is 16.2 Å². The number of thiophene rings is 1. The van der Waals surface area contributed by atoms with Crippen molar-refractivity contribution >= 4 is 45.2 Å². The van der Waals surface area contributed by atoms with Crippen molar-refractivity contribution in [1.82, 2.24) is 30.2 Å². The van der Waals surface area contributed by atoms with Gasteiger partial charge in [0, 0.05) is 29.3 Å². The van der Waals surface area contributed by atoms with E-state index in [1.807, 2.05) is 17.5 Å². The molecule has 0 radical (unpaired) electrons. The predicted octanol–water partition coefficient (Wildman–Crippen LogP) is 2.87. The van der Waals surface area contributed by atoms with E-state index in [0.717, 1.165) is 42.3 Å². The Labute approximate surface area is 174 Å². The molecule has 1 saturated heterocycles. The van der Waals surface area contributed by atoms with Crippen LogP contribution in [0.1, 0.15) is 17.7 Å². The third kappa shape index (κ3) is 3.70. The number of anilines is 2. The van der Waals surface area contributed by atoms with Crippen LogP contribution in [0.15, 0.2) is 29.6 Å². The zero-order chi connectivity index (χ0) is 19.8. The van der Waals surface area contributed by atoms with Crippen LogP contribution >= 0.6 is 22.7 Å². The summed E-state index contributed by atoms with van der Waals surface area (Å²) in [4.78, 5) is 21.8. The normalized spacial score (nSPS) is 15.1. The van der Waals surface area contributed by atoms with Gasteiger partial charge in [0.05, 0.1) is 10.6 Å². The summed E-state index contributed by atoms with van der Waals surface area (Å²) in [6, 6.07) is 7.90. The highest BCUT2D eigenvalue weighted by Crippen LogP contribution is 2.31. The molecule has 4 aromatic rings. The molecule has 5 rings (SSSR count). The summed E-state index contributed by atoms with van der Waals surface area (Å²) in [5.74, 6) is 0.829. The molecule has 148 valence electrons. The number of thiazole rings is 1. The fraction of sp³-hybridized carbons (Fsp3) is 0.333. The second-order valence-corrected chi connectivity index (χ2v) is 9.06. The minimum atomic E-state index is -0.0284. The van der Waals surface area contributed by atoms with Crippen LogP contribution < -0.4 is 10.2 Å². The lowest BCUT2D eigenvalue weighted by molar-refractivity contribution is -0.120. The second kappa shape index (κ2) is 7.48. The third-order valence-corrected chi connectivity index (χ3v) is 6.75. The largest absolute Gasteiger partial charge is 0.355 e. The number of carbonyl (C=O) groups is 1. The van der Waals surface area contributed by atoms with E-state index < -0.39 is 0 Å². The van der Waals surface area contributed by atoms with Crippen LogP contribution in [-0.4, -0.2) is 49.2 Å². The van der Waals surface area contributed by atoms with Gasteiger partial charge in [0.2, 0.25) is 5.91 Å². The number of nitrogens with one attached hydrogen (secondary N) is 1. The van der Waals surface area contributed by atoms with Crippen LogP contribution in [0.4, 0.5) is 10.9 Å². The molecule has 1 amide bonds. The molecule has 0 unspecified atom stereocenters. The van der Waals surface area contributed by atoms with E-state index >= 15 is 0 Å². The molecule has 0 aliphatic carbocycles. The molecule has 29 heavy (non-hydrogen) atoms. The van der Waals surface area contributed by atoms with Crippen LogP contribution in [0.2, 0.25) is 0 Å². The Bertz CT molecular complexity index is 1160. The molecule has 0 atom stereocenters. The van der Waals surface area contributed by atoms with Gasteiger partial charge >= 0.3 is 0 Å². The van der Waals surface area contributed by atoms with Crippen LogP contribution in [0.5, 0.6) is 0 Å². The lowest BCUT2D eigenvalue weighted by Gasteiger charge is -2.31. The SMILES string of the molecule is Cc1ccc(-c2csc(NC(=O)C3CCN(c4ccc5nnnn5n4)CC3)n2)s1. The molecule has 9 nitrogen and oxygen atoms in total. The van der Waals surface area contributed by atoms with Gasteiger partial charge in [0.25, 0.3) is 0 Å². The number of fused-ring (bicyclic) bond motifs is 1. The third-order valence-electron chi connectivity index (χ3n) is 4.97. The summed E-state index contributed by atoms with van der Waals surface area (Å²) < 4.78 is 1.42. The first-order valence-corrected chi connectivity index (χ1v) is 11.0. The topological polar surface area (TPSA) is 101 Å². The molecule has 1 fully saturated rings. The Balaban J connectivity index is 1.19. The van der Waals surface area contributed by atoms with E-state index in [2.05, 4.69) is 54.9 Å². The van der Waals surface area contributed by atoms with Crippen molar-refractivity contribution in [2.75, 3.05) is 23.3 Å². The van der Waals surface area contributed by atoms with Gasteiger partial charge in [-0.05, 0) is 54.5 Å². The number of aryl methyl sites for hydroxylation is 1. The summed E-state index contributed by atoms with van der Waals surface area (Å²) in [5.41, 5.74) is 1.53. The van der Waals surface area contributed by atoms with Gasteiger partial charge in [0.1, 0.15) is 0 Å². The number of aromatic nitrogens is 6. The van der Waals surface area contributed by atoms with Crippen LogP contribution in [-0.2, 0) is 4.79 Å². The average Bonchev–Trinajstić information content (AvgIpc) is 3.48. The number of tetrazole rings is 1. The molecule has 11 heteroatoms. The summed E-state index contributed by atoms with van der Waals surface area (Å²) in [7, 11) is 0. The van der Waals surface area contributed by atoms with E-state index in [1.54, 1.807) is 11.3 Å². The maximum atomic E-state index is 12.7. The van der Waals surface area contributed by atoms with Crippen molar-refractivity contribution < 1.29 is 4.79 Å². The summed E-state index contributed by atoms with van der Waals surface area (Å²) in [5, 5.41) is 21.4. The lowest BCUT2D eigenvalue weighted by atomic mass is 9.96. The van der Waals surface area contributed by atoms with Crippen LogP contribution in [0, 0.1) is 12.8 Å². The van der Waals surface area contributed by atoms with Crippen molar-refractivity contribution in [1.29, 1.82) is 0 Å². The first-order valence-electron chi connectivity index (χ1n) is 9.29. The number of hydrogen-bond acceptors (Lipinski definition) is 9. The van der Waals surface area contributed by atoms with Gasteiger partial charge in [0.15, 0.2) is 16.6 Å². The highest BCUT2D eigenvalue weighted by atomic mass is 32.1. The molecule has 1 aliphatic rings. The molecule has 0 bridgehead atoms. The molecule has 0 aromatic carbocycles. The van der Waals surface area contributed by atoms with Gasteiger partial charge in [-0.3, -0.25) is 4.79 Å². The van der Waals surface area contributed by atoms with E-state index in [1.165, 1.54) is 20.8 Å². The Morgan fingerprint density at radius 2 is 2.07 bits per heavy atom. The van der Waals surface area contributed by atoms with Gasteiger partial charge in [-0.2, -0.15) is 0 Å². The highest BCUT2D eigenvalue weighted by Gasteiger charge is 2.26. The number of rotatable bonds is 4. The standard InChI is InChI=1S/C18H18N8OS2/c1-11-2-3-14(29-11)13-10-28-18(19-13)20-17(27)12-6-8-25(9-7-12)16-5-4-15-21-23-24-26(15)22-16/h2-5,10,12H,6-9H2,1H3,(H,19,20,27). The van der Waals surface area contributed by atoms with Crippen LogP contribution in [0.3, 0.4) is 0 Å². The van der Waals surface area contributed by atoms with Gasteiger partial charge in [-0.1, -0.05) is 0 Å². The van der Waals surface area contributed by atoms with E-state index in [4.69, 9.17) is 0 Å². The number of nitrogens with zero attached hydrogens (tertiary/aromatic N) is 7. The fourth-order valence-electron chi connectivity index (χ4n) is 3.40. The maximum absolute atomic E-state index is 12.7. The summed E-state index contributed by atoms with van der Waals surface area (Å²) in [6.45, 7) is 3.60. The Kier molecular flexibility index (Phi) is 4.68. The van der Waals surface area contributed by atoms with Crippen molar-refractivity contribution in [2.24, 2.45) is 5.92 Å². The number of piperidine rings is 1. The summed E-state index contributed by atoms with van der Waals surface area (Å²) in [6.07, 6.45) is 1.53. The van der Waals surface area contributed by atoms with Crippen molar-refractivity contribution in [3.05, 3.63) is 34.5 Å².